The Kier molecular flexibility index (Phi) is 5.58. The van der Waals surface area contributed by atoms with Crippen LogP contribution in [0.2, 0.25) is 0 Å². The highest BCUT2D eigenvalue weighted by molar-refractivity contribution is 6.13. The minimum Gasteiger partial charge on any atom is -0.456 e. The van der Waals surface area contributed by atoms with Crippen LogP contribution in [0.3, 0.4) is 0 Å². The lowest BCUT2D eigenvalue weighted by Gasteiger charge is -2.28. The van der Waals surface area contributed by atoms with E-state index in [-0.39, 0.29) is 5.41 Å². The smallest absolute Gasteiger partial charge is 0.136 e. The Hall–Kier alpha value is -5.60. The van der Waals surface area contributed by atoms with Crippen LogP contribution in [0.15, 0.2) is 156 Å². The zero-order valence-electron chi connectivity index (χ0n) is 25.3. The van der Waals surface area contributed by atoms with E-state index in [4.69, 9.17) is 4.42 Å². The minimum absolute atomic E-state index is 0.0468. The van der Waals surface area contributed by atoms with Crippen molar-refractivity contribution in [3.05, 3.63) is 163 Å². The van der Waals surface area contributed by atoms with E-state index < -0.39 is 0 Å². The summed E-state index contributed by atoms with van der Waals surface area (Å²) >= 11 is 0. The molecule has 0 spiro atoms. The average Bonchev–Trinajstić information content (AvgIpc) is 3.56. The number of rotatable bonds is 4. The summed E-state index contributed by atoms with van der Waals surface area (Å²) in [5.74, 6) is 0. The fraction of sp³-hybridized carbons (Fsp3) is 0.0698. The summed E-state index contributed by atoms with van der Waals surface area (Å²) in [6.45, 7) is 4.67. The largest absolute Gasteiger partial charge is 0.456 e. The SMILES string of the molecule is CC1(C)c2ccccc2-c2cc(N(c3cccc(-c4ccccc4)c3)c3cccc4cc5c(cc34)oc3ccccc35)ccc21. The van der Waals surface area contributed by atoms with Gasteiger partial charge in [0.25, 0.3) is 0 Å². The van der Waals surface area contributed by atoms with Crippen molar-refractivity contribution in [2.24, 2.45) is 0 Å². The molecule has 214 valence electrons. The van der Waals surface area contributed by atoms with Gasteiger partial charge in [0, 0.05) is 32.9 Å². The van der Waals surface area contributed by atoms with Gasteiger partial charge >= 0.3 is 0 Å². The summed E-state index contributed by atoms with van der Waals surface area (Å²) in [7, 11) is 0. The van der Waals surface area contributed by atoms with Crippen LogP contribution < -0.4 is 4.90 Å². The summed E-state index contributed by atoms with van der Waals surface area (Å²) in [6.07, 6.45) is 0. The first-order valence-electron chi connectivity index (χ1n) is 15.6. The van der Waals surface area contributed by atoms with E-state index in [1.807, 2.05) is 12.1 Å². The second-order valence-electron chi connectivity index (χ2n) is 12.6. The van der Waals surface area contributed by atoms with Crippen molar-refractivity contribution in [2.45, 2.75) is 19.3 Å². The number of fused-ring (bicyclic) bond motifs is 7. The van der Waals surface area contributed by atoms with Crippen LogP contribution in [-0.4, -0.2) is 0 Å². The third-order valence-electron chi connectivity index (χ3n) is 9.63. The maximum atomic E-state index is 6.39. The fourth-order valence-electron chi connectivity index (χ4n) is 7.41. The monoisotopic (exact) mass is 577 g/mol. The molecule has 45 heavy (non-hydrogen) atoms. The van der Waals surface area contributed by atoms with Crippen molar-refractivity contribution >= 4 is 49.8 Å². The third kappa shape index (κ3) is 3.96. The highest BCUT2D eigenvalue weighted by Gasteiger charge is 2.35. The van der Waals surface area contributed by atoms with Crippen LogP contribution in [0.1, 0.15) is 25.0 Å². The molecule has 0 radical (unpaired) electrons. The van der Waals surface area contributed by atoms with E-state index in [2.05, 4.69) is 158 Å². The van der Waals surface area contributed by atoms with Gasteiger partial charge in [-0.05, 0) is 87.3 Å². The molecule has 0 N–H and O–H groups in total. The Morgan fingerprint density at radius 2 is 1.20 bits per heavy atom. The number of hydrogen-bond donors (Lipinski definition) is 0. The van der Waals surface area contributed by atoms with Crippen molar-refractivity contribution in [2.75, 3.05) is 4.90 Å². The molecular formula is C43H31NO. The zero-order valence-corrected chi connectivity index (χ0v) is 25.3. The van der Waals surface area contributed by atoms with E-state index in [1.54, 1.807) is 0 Å². The number of anilines is 3. The van der Waals surface area contributed by atoms with Crippen LogP contribution in [0.4, 0.5) is 17.1 Å². The van der Waals surface area contributed by atoms with Crippen LogP contribution in [-0.2, 0) is 5.41 Å². The maximum absolute atomic E-state index is 6.39. The van der Waals surface area contributed by atoms with Gasteiger partial charge in [-0.2, -0.15) is 0 Å². The summed E-state index contributed by atoms with van der Waals surface area (Å²) in [4.78, 5) is 2.41. The quantitative estimate of drug-likeness (QED) is 0.207. The maximum Gasteiger partial charge on any atom is 0.136 e. The van der Waals surface area contributed by atoms with Gasteiger partial charge in [-0.3, -0.25) is 0 Å². The molecule has 0 atom stereocenters. The first kappa shape index (κ1) is 25.9. The van der Waals surface area contributed by atoms with Crippen molar-refractivity contribution in [3.8, 4) is 22.3 Å². The molecule has 1 heterocycles. The van der Waals surface area contributed by atoms with Gasteiger partial charge in [0.2, 0.25) is 0 Å². The normalized spacial score (nSPS) is 13.3. The molecule has 1 aromatic heterocycles. The summed E-state index contributed by atoms with van der Waals surface area (Å²) in [5, 5.41) is 4.62. The van der Waals surface area contributed by atoms with Crippen molar-refractivity contribution in [3.63, 3.8) is 0 Å². The lowest BCUT2D eigenvalue weighted by molar-refractivity contribution is 0.660. The molecule has 7 aromatic carbocycles. The highest BCUT2D eigenvalue weighted by Crippen LogP contribution is 2.51. The first-order valence-corrected chi connectivity index (χ1v) is 15.6. The Balaban J connectivity index is 1.31. The lowest BCUT2D eigenvalue weighted by Crippen LogP contribution is -2.15. The molecule has 0 aliphatic heterocycles. The lowest BCUT2D eigenvalue weighted by atomic mass is 9.82. The predicted molar refractivity (Wildman–Crippen MR) is 189 cm³/mol. The van der Waals surface area contributed by atoms with Gasteiger partial charge in [0.05, 0.1) is 5.69 Å². The van der Waals surface area contributed by atoms with Crippen molar-refractivity contribution in [1.29, 1.82) is 0 Å². The standard InChI is InChI=1S/C43H31NO/c1-43(2)38-19-8-6-17-33(38)36-26-32(22-23-39(36)43)44(31-16-10-14-29(24-31)28-12-4-3-5-13-28)40-20-11-15-30-25-37-34-18-7-9-21-41(34)45-42(37)27-35(30)40/h3-27H,1-2H3. The molecule has 0 saturated carbocycles. The fourth-order valence-corrected chi connectivity index (χ4v) is 7.41. The molecule has 2 nitrogen and oxygen atoms in total. The molecule has 0 unspecified atom stereocenters. The van der Waals surface area contributed by atoms with Crippen LogP contribution in [0, 0.1) is 0 Å². The van der Waals surface area contributed by atoms with Gasteiger partial charge in [-0.15, -0.1) is 0 Å². The van der Waals surface area contributed by atoms with Gasteiger partial charge in [0.1, 0.15) is 11.2 Å². The molecule has 9 rings (SSSR count). The molecule has 1 aliphatic rings. The number of para-hydroxylation sites is 1. The Bertz CT molecular complexity index is 2410. The van der Waals surface area contributed by atoms with Crippen LogP contribution in [0.25, 0.3) is 55.0 Å². The second-order valence-corrected chi connectivity index (χ2v) is 12.6. The summed E-state index contributed by atoms with van der Waals surface area (Å²) in [5.41, 5.74) is 12.9. The molecule has 0 fully saturated rings. The van der Waals surface area contributed by atoms with E-state index in [1.165, 1.54) is 38.8 Å². The van der Waals surface area contributed by atoms with Gasteiger partial charge in [0.15, 0.2) is 0 Å². The van der Waals surface area contributed by atoms with E-state index in [0.717, 1.165) is 44.4 Å². The zero-order chi connectivity index (χ0) is 30.1. The minimum atomic E-state index is -0.0468. The Labute approximate surface area is 262 Å². The second kappa shape index (κ2) is 9.70. The molecule has 0 amide bonds. The summed E-state index contributed by atoms with van der Waals surface area (Å²) in [6, 6.07) is 54.8. The van der Waals surface area contributed by atoms with Gasteiger partial charge in [-0.1, -0.05) is 117 Å². The molecule has 0 saturated heterocycles. The molecule has 2 heteroatoms. The topological polar surface area (TPSA) is 16.4 Å². The third-order valence-corrected chi connectivity index (χ3v) is 9.63. The molecule has 1 aliphatic carbocycles. The van der Waals surface area contributed by atoms with Crippen LogP contribution >= 0.6 is 0 Å². The Morgan fingerprint density at radius 3 is 2.11 bits per heavy atom. The predicted octanol–water partition coefficient (Wildman–Crippen LogP) is 12.2. The Morgan fingerprint density at radius 1 is 0.467 bits per heavy atom. The molecule has 8 aromatic rings. The number of nitrogens with zero attached hydrogens (tertiary/aromatic N) is 1. The van der Waals surface area contributed by atoms with Gasteiger partial charge in [-0.25, -0.2) is 0 Å². The van der Waals surface area contributed by atoms with E-state index in [0.29, 0.717) is 0 Å². The van der Waals surface area contributed by atoms with Crippen LogP contribution in [0.5, 0.6) is 0 Å². The first-order chi connectivity index (χ1) is 22.1. The molecular weight excluding hydrogens is 546 g/mol. The van der Waals surface area contributed by atoms with Gasteiger partial charge < -0.3 is 9.32 Å². The van der Waals surface area contributed by atoms with E-state index >= 15 is 0 Å². The average molecular weight is 578 g/mol. The number of hydrogen-bond acceptors (Lipinski definition) is 2. The number of benzene rings is 7. The van der Waals surface area contributed by atoms with Crippen molar-refractivity contribution in [1.82, 2.24) is 0 Å². The summed E-state index contributed by atoms with van der Waals surface area (Å²) < 4.78 is 6.39. The highest BCUT2D eigenvalue weighted by atomic mass is 16.3. The van der Waals surface area contributed by atoms with E-state index in [9.17, 15) is 0 Å². The molecule has 0 bridgehead atoms. The van der Waals surface area contributed by atoms with Crippen molar-refractivity contribution < 1.29 is 4.42 Å². The number of furan rings is 1.